The smallest absolute Gasteiger partial charge is 0.263 e. The molecule has 1 fully saturated rings. The van der Waals surface area contributed by atoms with Crippen molar-refractivity contribution in [3.63, 3.8) is 0 Å². The SMILES string of the molecule is Cc1noc2ncnc(N3CCN(Cc4ccc(Cl)cc4)CC3)c12. The number of halogens is 1. The van der Waals surface area contributed by atoms with Gasteiger partial charge in [0.2, 0.25) is 0 Å². The molecule has 0 spiro atoms. The Morgan fingerprint density at radius 3 is 2.58 bits per heavy atom. The summed E-state index contributed by atoms with van der Waals surface area (Å²) in [6, 6.07) is 8.06. The van der Waals surface area contributed by atoms with Gasteiger partial charge in [0.05, 0.1) is 5.69 Å². The van der Waals surface area contributed by atoms with E-state index in [0.717, 1.165) is 54.6 Å². The van der Waals surface area contributed by atoms with Crippen molar-refractivity contribution in [2.45, 2.75) is 13.5 Å². The average molecular weight is 344 g/mol. The number of aromatic nitrogens is 3. The van der Waals surface area contributed by atoms with E-state index in [1.807, 2.05) is 19.1 Å². The van der Waals surface area contributed by atoms with Crippen molar-refractivity contribution < 1.29 is 4.52 Å². The topological polar surface area (TPSA) is 58.3 Å². The molecular weight excluding hydrogens is 326 g/mol. The van der Waals surface area contributed by atoms with Crippen LogP contribution in [0, 0.1) is 6.92 Å². The Morgan fingerprint density at radius 2 is 1.83 bits per heavy atom. The summed E-state index contributed by atoms with van der Waals surface area (Å²) in [6.07, 6.45) is 1.54. The van der Waals surface area contributed by atoms with Crippen LogP contribution in [0.5, 0.6) is 0 Å². The molecule has 3 heterocycles. The number of rotatable bonds is 3. The normalized spacial score (nSPS) is 16.0. The molecule has 24 heavy (non-hydrogen) atoms. The Labute approximate surface area is 145 Å². The van der Waals surface area contributed by atoms with Crippen molar-refractivity contribution in [1.29, 1.82) is 0 Å². The Hall–Kier alpha value is -2.18. The van der Waals surface area contributed by atoms with E-state index in [1.54, 1.807) is 6.33 Å². The first kappa shape index (κ1) is 15.4. The second kappa shape index (κ2) is 6.37. The Bertz CT molecular complexity index is 840. The molecule has 0 radical (unpaired) electrons. The first-order valence-corrected chi connectivity index (χ1v) is 8.37. The van der Waals surface area contributed by atoms with Gasteiger partial charge in [-0.2, -0.15) is 4.98 Å². The highest BCUT2D eigenvalue weighted by atomic mass is 35.5. The summed E-state index contributed by atoms with van der Waals surface area (Å²) in [4.78, 5) is 13.3. The van der Waals surface area contributed by atoms with Gasteiger partial charge in [-0.05, 0) is 24.6 Å². The summed E-state index contributed by atoms with van der Waals surface area (Å²) >= 11 is 5.95. The molecule has 0 saturated carbocycles. The van der Waals surface area contributed by atoms with Crippen LogP contribution in [-0.4, -0.2) is 46.2 Å². The molecule has 3 aromatic rings. The van der Waals surface area contributed by atoms with Crippen LogP contribution in [0.4, 0.5) is 5.82 Å². The van der Waals surface area contributed by atoms with E-state index in [4.69, 9.17) is 16.1 Å². The molecule has 1 aliphatic rings. The molecule has 2 aromatic heterocycles. The van der Waals surface area contributed by atoms with E-state index in [0.29, 0.717) is 5.71 Å². The molecule has 0 bridgehead atoms. The Morgan fingerprint density at radius 1 is 1.08 bits per heavy atom. The van der Waals surface area contributed by atoms with Gasteiger partial charge in [-0.25, -0.2) is 4.98 Å². The van der Waals surface area contributed by atoms with E-state index >= 15 is 0 Å². The fraction of sp³-hybridized carbons (Fsp3) is 0.353. The van der Waals surface area contributed by atoms with Gasteiger partial charge >= 0.3 is 0 Å². The fourth-order valence-corrected chi connectivity index (χ4v) is 3.24. The number of benzene rings is 1. The monoisotopic (exact) mass is 343 g/mol. The maximum Gasteiger partial charge on any atom is 0.263 e. The van der Waals surface area contributed by atoms with Crippen LogP contribution < -0.4 is 4.90 Å². The minimum absolute atomic E-state index is 0.557. The standard InChI is InChI=1S/C17H18ClN5O/c1-12-15-16(19-11-20-17(15)24-21-12)23-8-6-22(7-9-23)10-13-2-4-14(18)5-3-13/h2-5,11H,6-10H2,1H3. The summed E-state index contributed by atoms with van der Waals surface area (Å²) in [5.41, 5.74) is 2.68. The lowest BCUT2D eigenvalue weighted by Crippen LogP contribution is -2.46. The van der Waals surface area contributed by atoms with E-state index in [1.165, 1.54) is 5.56 Å². The van der Waals surface area contributed by atoms with Crippen molar-refractivity contribution in [3.05, 3.63) is 46.9 Å². The predicted octanol–water partition coefficient (Wildman–Crippen LogP) is 2.90. The third kappa shape index (κ3) is 2.95. The van der Waals surface area contributed by atoms with Crippen LogP contribution in [0.1, 0.15) is 11.3 Å². The molecule has 6 nitrogen and oxygen atoms in total. The molecule has 4 rings (SSSR count). The summed E-state index contributed by atoms with van der Waals surface area (Å²) in [7, 11) is 0. The number of fused-ring (bicyclic) bond motifs is 1. The molecule has 0 aliphatic carbocycles. The van der Waals surface area contributed by atoms with Gasteiger partial charge < -0.3 is 9.42 Å². The van der Waals surface area contributed by atoms with Crippen LogP contribution in [0.25, 0.3) is 11.1 Å². The van der Waals surface area contributed by atoms with Gasteiger partial charge in [0, 0.05) is 37.7 Å². The largest absolute Gasteiger partial charge is 0.353 e. The second-order valence-electron chi connectivity index (χ2n) is 6.04. The molecule has 1 aliphatic heterocycles. The number of hydrogen-bond donors (Lipinski definition) is 0. The van der Waals surface area contributed by atoms with Crippen LogP contribution >= 0.6 is 11.6 Å². The molecule has 0 amide bonds. The van der Waals surface area contributed by atoms with Crippen molar-refractivity contribution in [2.75, 3.05) is 31.1 Å². The molecule has 0 N–H and O–H groups in total. The Balaban J connectivity index is 1.45. The van der Waals surface area contributed by atoms with Crippen molar-refractivity contribution >= 4 is 28.5 Å². The van der Waals surface area contributed by atoms with Crippen LogP contribution in [0.15, 0.2) is 35.1 Å². The van der Waals surface area contributed by atoms with E-state index < -0.39 is 0 Å². The summed E-state index contributed by atoms with van der Waals surface area (Å²) < 4.78 is 5.24. The van der Waals surface area contributed by atoms with Gasteiger partial charge in [0.15, 0.2) is 0 Å². The lowest BCUT2D eigenvalue weighted by molar-refractivity contribution is 0.249. The second-order valence-corrected chi connectivity index (χ2v) is 6.47. The molecule has 1 aromatic carbocycles. The number of nitrogens with zero attached hydrogens (tertiary/aromatic N) is 5. The Kier molecular flexibility index (Phi) is 4.08. The summed E-state index contributed by atoms with van der Waals surface area (Å²) in [6.45, 7) is 6.68. The van der Waals surface area contributed by atoms with Crippen LogP contribution in [0.3, 0.4) is 0 Å². The van der Waals surface area contributed by atoms with Gasteiger partial charge in [-0.15, -0.1) is 0 Å². The third-order valence-corrected chi connectivity index (χ3v) is 4.67. The molecule has 124 valence electrons. The number of aryl methyl sites for hydroxylation is 1. The van der Waals surface area contributed by atoms with Gasteiger partial charge in [0.1, 0.15) is 17.5 Å². The zero-order valence-electron chi connectivity index (χ0n) is 13.4. The van der Waals surface area contributed by atoms with Crippen LogP contribution in [0.2, 0.25) is 5.02 Å². The maximum atomic E-state index is 5.95. The quantitative estimate of drug-likeness (QED) is 0.728. The zero-order valence-corrected chi connectivity index (χ0v) is 14.2. The highest BCUT2D eigenvalue weighted by Gasteiger charge is 2.22. The highest BCUT2D eigenvalue weighted by Crippen LogP contribution is 2.26. The molecule has 0 unspecified atom stereocenters. The molecule has 0 atom stereocenters. The highest BCUT2D eigenvalue weighted by molar-refractivity contribution is 6.30. The summed E-state index contributed by atoms with van der Waals surface area (Å²) in [5, 5.41) is 5.70. The molecular formula is C17H18ClN5O. The minimum atomic E-state index is 0.557. The number of hydrogen-bond acceptors (Lipinski definition) is 6. The fourth-order valence-electron chi connectivity index (χ4n) is 3.11. The van der Waals surface area contributed by atoms with Crippen molar-refractivity contribution in [3.8, 4) is 0 Å². The maximum absolute atomic E-state index is 5.95. The minimum Gasteiger partial charge on any atom is -0.353 e. The first-order valence-electron chi connectivity index (χ1n) is 7.99. The third-order valence-electron chi connectivity index (χ3n) is 4.41. The first-order chi connectivity index (χ1) is 11.7. The number of piperazine rings is 1. The van der Waals surface area contributed by atoms with E-state index in [-0.39, 0.29) is 0 Å². The van der Waals surface area contributed by atoms with Crippen molar-refractivity contribution in [1.82, 2.24) is 20.0 Å². The zero-order chi connectivity index (χ0) is 16.5. The summed E-state index contributed by atoms with van der Waals surface area (Å²) in [5.74, 6) is 0.921. The van der Waals surface area contributed by atoms with E-state index in [9.17, 15) is 0 Å². The number of anilines is 1. The van der Waals surface area contributed by atoms with Gasteiger partial charge in [-0.1, -0.05) is 28.9 Å². The van der Waals surface area contributed by atoms with Crippen LogP contribution in [-0.2, 0) is 6.54 Å². The lowest BCUT2D eigenvalue weighted by Gasteiger charge is -2.35. The molecule has 7 heteroatoms. The van der Waals surface area contributed by atoms with Gasteiger partial charge in [-0.3, -0.25) is 4.90 Å². The van der Waals surface area contributed by atoms with Crippen molar-refractivity contribution in [2.24, 2.45) is 0 Å². The van der Waals surface area contributed by atoms with Gasteiger partial charge in [0.25, 0.3) is 5.71 Å². The average Bonchev–Trinajstić information content (AvgIpc) is 2.99. The lowest BCUT2D eigenvalue weighted by atomic mass is 10.2. The predicted molar refractivity (Wildman–Crippen MR) is 93.3 cm³/mol. The van der Waals surface area contributed by atoms with E-state index in [2.05, 4.69) is 37.1 Å². The molecule has 1 saturated heterocycles.